The maximum Gasteiger partial charge on any atom is 0.227 e. The summed E-state index contributed by atoms with van der Waals surface area (Å²) in [6.45, 7) is 6.06. The van der Waals surface area contributed by atoms with Crippen LogP contribution >= 0.6 is 0 Å². The molecule has 0 radical (unpaired) electrons. The third-order valence-corrected chi connectivity index (χ3v) is 5.42. The van der Waals surface area contributed by atoms with Crippen molar-refractivity contribution in [3.8, 4) is 5.75 Å². The van der Waals surface area contributed by atoms with Gasteiger partial charge in [0.05, 0.1) is 30.6 Å². The lowest BCUT2D eigenvalue weighted by Gasteiger charge is -2.33. The number of aryl methyl sites for hydroxylation is 2. The molecule has 4 rings (SSSR count). The normalized spacial score (nSPS) is 16.1. The van der Waals surface area contributed by atoms with Crippen LogP contribution in [0.2, 0.25) is 0 Å². The van der Waals surface area contributed by atoms with Gasteiger partial charge < -0.3 is 19.7 Å². The van der Waals surface area contributed by atoms with Gasteiger partial charge in [-0.1, -0.05) is 12.1 Å². The van der Waals surface area contributed by atoms with Crippen molar-refractivity contribution >= 4 is 11.9 Å². The number of morpholine rings is 1. The fraction of sp³-hybridized carbons (Fsp3) is 0.455. The zero-order valence-electron chi connectivity index (χ0n) is 19.0. The Kier molecular flexibility index (Phi) is 6.87. The Labute approximate surface area is 191 Å². The van der Waals surface area contributed by atoms with Crippen LogP contribution in [0.25, 0.3) is 0 Å². The molecule has 1 unspecified atom stereocenters. The van der Waals surface area contributed by atoms with Gasteiger partial charge in [0.15, 0.2) is 17.4 Å². The van der Waals surface area contributed by atoms with Crippen LogP contribution in [0, 0.1) is 12.7 Å². The lowest BCUT2D eigenvalue weighted by molar-refractivity contribution is -0.119. The number of benzene rings is 1. The van der Waals surface area contributed by atoms with E-state index >= 15 is 0 Å². The summed E-state index contributed by atoms with van der Waals surface area (Å²) in [6.07, 6.45) is -0.162. The molecular formula is C22H28FN7O3. The zero-order chi connectivity index (χ0) is 23.4. The maximum atomic E-state index is 14.0. The van der Waals surface area contributed by atoms with Gasteiger partial charge in [0.1, 0.15) is 6.61 Å². The fourth-order valence-electron chi connectivity index (χ4n) is 3.79. The van der Waals surface area contributed by atoms with Crippen molar-refractivity contribution in [1.82, 2.24) is 29.9 Å². The molecule has 1 amide bonds. The number of nitrogens with one attached hydrogen (secondary N) is 1. The minimum Gasteiger partial charge on any atom is -0.483 e. The first kappa shape index (κ1) is 22.7. The van der Waals surface area contributed by atoms with E-state index in [1.165, 1.54) is 13.0 Å². The van der Waals surface area contributed by atoms with E-state index in [4.69, 9.17) is 9.47 Å². The molecule has 0 saturated carbocycles. The van der Waals surface area contributed by atoms with Crippen LogP contribution in [0.3, 0.4) is 0 Å². The minimum atomic E-state index is -0.431. The fourth-order valence-corrected chi connectivity index (χ4v) is 3.79. The van der Waals surface area contributed by atoms with Gasteiger partial charge in [-0.25, -0.2) is 4.39 Å². The quantitative estimate of drug-likeness (QED) is 0.546. The second kappa shape index (κ2) is 9.99. The van der Waals surface area contributed by atoms with Crippen molar-refractivity contribution in [2.45, 2.75) is 33.1 Å². The molecule has 3 aromatic rings. The number of ether oxygens (including phenoxy) is 2. The van der Waals surface area contributed by atoms with Crippen molar-refractivity contribution in [3.63, 3.8) is 0 Å². The second-order valence-corrected chi connectivity index (χ2v) is 8.00. The van der Waals surface area contributed by atoms with Crippen LogP contribution < -0.4 is 15.0 Å². The number of hydrogen-bond donors (Lipinski definition) is 1. The molecule has 1 N–H and O–H groups in total. The van der Waals surface area contributed by atoms with E-state index in [9.17, 15) is 9.18 Å². The molecule has 10 nitrogen and oxygen atoms in total. The lowest BCUT2D eigenvalue weighted by atomic mass is 10.2. The number of carbonyl (C=O) groups excluding carboxylic acids is 1. The molecule has 0 spiro atoms. The van der Waals surface area contributed by atoms with Gasteiger partial charge in [0.2, 0.25) is 11.9 Å². The second-order valence-electron chi connectivity index (χ2n) is 8.00. The Bertz CT molecular complexity index is 1110. The van der Waals surface area contributed by atoms with Gasteiger partial charge in [0.25, 0.3) is 0 Å². The topological polar surface area (TPSA) is 99.3 Å². The maximum absolute atomic E-state index is 14.0. The van der Waals surface area contributed by atoms with Crippen molar-refractivity contribution in [3.05, 3.63) is 53.4 Å². The third-order valence-electron chi connectivity index (χ3n) is 5.42. The van der Waals surface area contributed by atoms with Crippen LogP contribution in [0.1, 0.15) is 24.1 Å². The van der Waals surface area contributed by atoms with E-state index in [1.807, 2.05) is 29.3 Å². The van der Waals surface area contributed by atoms with Crippen LogP contribution in [-0.2, 0) is 29.7 Å². The molecule has 0 bridgehead atoms. The average molecular weight is 458 g/mol. The number of aromatic nitrogens is 5. The number of rotatable bonds is 8. The molecule has 2 aromatic heterocycles. The predicted molar refractivity (Wildman–Crippen MR) is 118 cm³/mol. The number of nitrogens with zero attached hydrogens (tertiary/aromatic N) is 6. The minimum absolute atomic E-state index is 0.0599. The SMILES string of the molecule is CC(=O)NCC1CN(c2nnc(COc3ccccc3F)n2Cc2cc(C)nn2C)CCO1. The summed E-state index contributed by atoms with van der Waals surface area (Å²) in [5.41, 5.74) is 1.89. The summed E-state index contributed by atoms with van der Waals surface area (Å²) >= 11 is 0. The Morgan fingerprint density at radius 2 is 2.15 bits per heavy atom. The summed E-state index contributed by atoms with van der Waals surface area (Å²) < 4.78 is 29.3. The van der Waals surface area contributed by atoms with E-state index in [2.05, 4.69) is 25.5 Å². The monoisotopic (exact) mass is 457 g/mol. The molecule has 11 heteroatoms. The summed E-state index contributed by atoms with van der Waals surface area (Å²) in [4.78, 5) is 13.4. The zero-order valence-corrected chi connectivity index (χ0v) is 19.0. The van der Waals surface area contributed by atoms with Crippen LogP contribution in [0.4, 0.5) is 10.3 Å². The molecule has 176 valence electrons. The number of para-hydroxylation sites is 1. The van der Waals surface area contributed by atoms with Gasteiger partial charge in [-0.05, 0) is 25.1 Å². The number of carbonyl (C=O) groups is 1. The first-order valence-corrected chi connectivity index (χ1v) is 10.8. The molecule has 1 aliphatic heterocycles. The van der Waals surface area contributed by atoms with Gasteiger partial charge in [-0.15, -0.1) is 10.2 Å². The van der Waals surface area contributed by atoms with Crippen LogP contribution in [-0.4, -0.2) is 62.8 Å². The number of amides is 1. The molecule has 0 aliphatic carbocycles. The predicted octanol–water partition coefficient (Wildman–Crippen LogP) is 1.43. The van der Waals surface area contributed by atoms with Gasteiger partial charge in [0, 0.05) is 33.6 Å². The largest absolute Gasteiger partial charge is 0.483 e. The van der Waals surface area contributed by atoms with Crippen molar-refractivity contribution in [2.75, 3.05) is 31.1 Å². The van der Waals surface area contributed by atoms with E-state index in [-0.39, 0.29) is 24.4 Å². The molecule has 3 heterocycles. The first-order chi connectivity index (χ1) is 15.9. The molecule has 1 saturated heterocycles. The molecule has 1 aliphatic rings. The Morgan fingerprint density at radius 1 is 1.33 bits per heavy atom. The van der Waals surface area contributed by atoms with E-state index < -0.39 is 5.82 Å². The summed E-state index contributed by atoms with van der Waals surface area (Å²) in [6, 6.07) is 8.27. The van der Waals surface area contributed by atoms with Crippen molar-refractivity contribution in [1.29, 1.82) is 0 Å². The standard InChI is InChI=1S/C22H28FN7O3/c1-15-10-17(28(3)27-15)12-30-21(14-33-20-7-5-4-6-19(20)23)25-26-22(30)29-8-9-32-18(13-29)11-24-16(2)31/h4-7,10,18H,8-9,11-14H2,1-3H3,(H,24,31). The first-order valence-electron chi connectivity index (χ1n) is 10.8. The summed E-state index contributed by atoms with van der Waals surface area (Å²) in [5.74, 6) is 0.860. The molecule has 1 fully saturated rings. The van der Waals surface area contributed by atoms with Crippen LogP contribution in [0.5, 0.6) is 5.75 Å². The smallest absolute Gasteiger partial charge is 0.227 e. The third kappa shape index (κ3) is 5.48. The molecular weight excluding hydrogens is 429 g/mol. The number of anilines is 1. The van der Waals surface area contributed by atoms with Gasteiger partial charge >= 0.3 is 0 Å². The molecule has 1 atom stereocenters. The van der Waals surface area contributed by atoms with Gasteiger partial charge in [-0.2, -0.15) is 5.10 Å². The lowest BCUT2D eigenvalue weighted by Crippen LogP contribution is -2.48. The highest BCUT2D eigenvalue weighted by molar-refractivity contribution is 5.72. The van der Waals surface area contributed by atoms with E-state index in [1.54, 1.807) is 18.2 Å². The Hall–Kier alpha value is -3.47. The van der Waals surface area contributed by atoms with E-state index in [0.717, 1.165) is 11.4 Å². The van der Waals surface area contributed by atoms with Crippen LogP contribution in [0.15, 0.2) is 30.3 Å². The van der Waals surface area contributed by atoms with Gasteiger partial charge in [-0.3, -0.25) is 14.0 Å². The van der Waals surface area contributed by atoms with Crippen molar-refractivity contribution < 1.29 is 18.7 Å². The summed E-state index contributed by atoms with van der Waals surface area (Å²) in [7, 11) is 1.89. The number of halogens is 1. The average Bonchev–Trinajstić information content (AvgIpc) is 3.34. The summed E-state index contributed by atoms with van der Waals surface area (Å²) in [5, 5.41) is 16.0. The Morgan fingerprint density at radius 3 is 2.88 bits per heavy atom. The molecule has 33 heavy (non-hydrogen) atoms. The highest BCUT2D eigenvalue weighted by Crippen LogP contribution is 2.22. The van der Waals surface area contributed by atoms with Crippen molar-refractivity contribution in [2.24, 2.45) is 7.05 Å². The highest BCUT2D eigenvalue weighted by Gasteiger charge is 2.26. The Balaban J connectivity index is 1.58. The van der Waals surface area contributed by atoms with E-state index in [0.29, 0.717) is 44.6 Å². The molecule has 1 aromatic carbocycles. The number of hydrogen-bond acceptors (Lipinski definition) is 7. The highest BCUT2D eigenvalue weighted by atomic mass is 19.1.